The molecule has 0 saturated heterocycles. The Kier molecular flexibility index (Phi) is 4.05. The molecule has 0 spiro atoms. The fourth-order valence-electron chi connectivity index (χ4n) is 6.26. The summed E-state index contributed by atoms with van der Waals surface area (Å²) in [6.45, 7) is 3.97. The third kappa shape index (κ3) is 3.03. The molecular formula is C22H26N4O3. The van der Waals surface area contributed by atoms with E-state index in [0.717, 1.165) is 30.4 Å². The molecule has 4 fully saturated rings. The maximum Gasteiger partial charge on any atom is 0.320 e. The van der Waals surface area contributed by atoms with Crippen LogP contribution in [0.1, 0.15) is 60.1 Å². The maximum atomic E-state index is 12.9. The Hall–Kier alpha value is -2.70. The molecule has 152 valence electrons. The Morgan fingerprint density at radius 2 is 1.76 bits per heavy atom. The second kappa shape index (κ2) is 6.40. The van der Waals surface area contributed by atoms with E-state index in [0.29, 0.717) is 23.4 Å². The lowest BCUT2D eigenvalue weighted by Crippen LogP contribution is -2.52. The van der Waals surface area contributed by atoms with Gasteiger partial charge < -0.3 is 5.32 Å². The number of carbonyl (C=O) groups is 1. The number of amides is 1. The predicted octanol–water partition coefficient (Wildman–Crippen LogP) is 4.59. The molecule has 1 aromatic heterocycles. The number of benzene rings is 1. The van der Waals surface area contributed by atoms with Gasteiger partial charge in [-0.05, 0) is 93.4 Å². The summed E-state index contributed by atoms with van der Waals surface area (Å²) in [6, 6.07) is 5.60. The summed E-state index contributed by atoms with van der Waals surface area (Å²) in [5.41, 5.74) is 2.35. The lowest BCUT2D eigenvalue weighted by molar-refractivity contribution is -0.385. The van der Waals surface area contributed by atoms with E-state index in [1.165, 1.54) is 25.5 Å². The van der Waals surface area contributed by atoms with Crippen LogP contribution in [0.4, 0.5) is 11.4 Å². The highest BCUT2D eigenvalue weighted by molar-refractivity contribution is 6.05. The first kappa shape index (κ1) is 18.3. The molecule has 7 heteroatoms. The number of rotatable bonds is 4. The van der Waals surface area contributed by atoms with Gasteiger partial charge in [-0.15, -0.1) is 0 Å². The van der Waals surface area contributed by atoms with Crippen molar-refractivity contribution in [2.45, 2.75) is 57.9 Å². The zero-order valence-electron chi connectivity index (χ0n) is 16.9. The van der Waals surface area contributed by atoms with Crippen LogP contribution in [-0.2, 0) is 5.54 Å². The van der Waals surface area contributed by atoms with E-state index in [4.69, 9.17) is 0 Å². The van der Waals surface area contributed by atoms with Crippen LogP contribution in [0.5, 0.6) is 0 Å². The van der Waals surface area contributed by atoms with Gasteiger partial charge in [0.1, 0.15) is 6.20 Å². The minimum atomic E-state index is -0.525. The predicted molar refractivity (Wildman–Crippen MR) is 109 cm³/mol. The molecule has 1 amide bonds. The van der Waals surface area contributed by atoms with Crippen molar-refractivity contribution in [1.29, 1.82) is 0 Å². The van der Waals surface area contributed by atoms with Crippen LogP contribution in [0.2, 0.25) is 0 Å². The Morgan fingerprint density at radius 1 is 1.14 bits per heavy atom. The fourth-order valence-corrected chi connectivity index (χ4v) is 6.26. The molecular weight excluding hydrogens is 368 g/mol. The van der Waals surface area contributed by atoms with Crippen molar-refractivity contribution in [2.75, 3.05) is 5.32 Å². The summed E-state index contributed by atoms with van der Waals surface area (Å²) >= 11 is 0. The van der Waals surface area contributed by atoms with Crippen molar-refractivity contribution in [3.05, 3.63) is 51.3 Å². The highest BCUT2D eigenvalue weighted by Crippen LogP contribution is 2.58. The number of carbonyl (C=O) groups excluding carboxylic acids is 1. The molecule has 0 unspecified atom stereocenters. The second-order valence-electron chi connectivity index (χ2n) is 9.46. The van der Waals surface area contributed by atoms with Crippen LogP contribution in [0.3, 0.4) is 0 Å². The molecule has 0 aliphatic heterocycles. The van der Waals surface area contributed by atoms with E-state index >= 15 is 0 Å². The maximum absolute atomic E-state index is 12.9. The van der Waals surface area contributed by atoms with Crippen molar-refractivity contribution < 1.29 is 9.72 Å². The summed E-state index contributed by atoms with van der Waals surface area (Å²) in [6.07, 6.45) is 8.42. The molecule has 4 bridgehead atoms. The summed E-state index contributed by atoms with van der Waals surface area (Å²) in [4.78, 5) is 24.1. The third-order valence-corrected chi connectivity index (χ3v) is 7.36. The van der Waals surface area contributed by atoms with Crippen LogP contribution >= 0.6 is 0 Å². The Morgan fingerprint density at radius 3 is 2.31 bits per heavy atom. The van der Waals surface area contributed by atoms with Gasteiger partial charge in [-0.1, -0.05) is 6.07 Å². The van der Waals surface area contributed by atoms with Crippen LogP contribution in [0, 0.1) is 41.7 Å². The van der Waals surface area contributed by atoms with E-state index in [-0.39, 0.29) is 16.9 Å². The van der Waals surface area contributed by atoms with Gasteiger partial charge in [0.25, 0.3) is 5.91 Å². The molecule has 2 aromatic rings. The molecule has 6 rings (SSSR count). The first-order valence-corrected chi connectivity index (χ1v) is 10.5. The molecule has 1 N–H and O–H groups in total. The summed E-state index contributed by atoms with van der Waals surface area (Å²) in [5, 5.41) is 19.0. The van der Waals surface area contributed by atoms with Gasteiger partial charge in [-0.2, -0.15) is 5.10 Å². The average Bonchev–Trinajstić information content (AvgIpc) is 3.10. The molecule has 1 heterocycles. The van der Waals surface area contributed by atoms with Crippen LogP contribution < -0.4 is 5.32 Å². The minimum absolute atomic E-state index is 0.0935. The summed E-state index contributed by atoms with van der Waals surface area (Å²) < 4.78 is 1.78. The van der Waals surface area contributed by atoms with Gasteiger partial charge in [-0.3, -0.25) is 19.6 Å². The molecule has 29 heavy (non-hydrogen) atoms. The standard InChI is InChI=1S/C22H26N4O3/c1-13-3-4-18(5-14(13)2)23-21(27)20-19(26(28)29)12-25(24-20)22-9-15-6-16(10-22)8-17(7-15)11-22/h3-5,12,15-17H,6-11H2,1-2H3,(H,23,27). The minimum Gasteiger partial charge on any atom is -0.320 e. The average molecular weight is 394 g/mol. The molecule has 0 radical (unpaired) electrons. The largest absolute Gasteiger partial charge is 0.320 e. The van der Waals surface area contributed by atoms with Gasteiger partial charge in [0.05, 0.1) is 10.5 Å². The van der Waals surface area contributed by atoms with E-state index in [1.807, 2.05) is 32.0 Å². The number of nitrogens with one attached hydrogen (secondary N) is 1. The molecule has 4 aliphatic carbocycles. The SMILES string of the molecule is Cc1ccc(NC(=O)c2nn(C34CC5CC(CC(C5)C3)C4)cc2[N+](=O)[O-])cc1C. The molecule has 0 atom stereocenters. The molecule has 7 nitrogen and oxygen atoms in total. The molecule has 1 aromatic carbocycles. The summed E-state index contributed by atoms with van der Waals surface area (Å²) in [7, 11) is 0. The normalized spacial score (nSPS) is 29.8. The highest BCUT2D eigenvalue weighted by Gasteiger charge is 2.53. The van der Waals surface area contributed by atoms with E-state index in [2.05, 4.69) is 10.4 Å². The number of anilines is 1. The van der Waals surface area contributed by atoms with Crippen molar-refractivity contribution in [2.24, 2.45) is 17.8 Å². The van der Waals surface area contributed by atoms with Gasteiger partial charge in [0.15, 0.2) is 0 Å². The number of hydrogen-bond donors (Lipinski definition) is 1. The van der Waals surface area contributed by atoms with Crippen LogP contribution in [-0.4, -0.2) is 20.6 Å². The zero-order valence-corrected chi connectivity index (χ0v) is 16.9. The van der Waals surface area contributed by atoms with Gasteiger partial charge in [0.2, 0.25) is 5.69 Å². The topological polar surface area (TPSA) is 90.1 Å². The summed E-state index contributed by atoms with van der Waals surface area (Å²) in [5.74, 6) is 1.55. The lowest BCUT2D eigenvalue weighted by atomic mass is 9.53. The van der Waals surface area contributed by atoms with E-state index in [1.54, 1.807) is 4.68 Å². The second-order valence-corrected chi connectivity index (χ2v) is 9.46. The third-order valence-electron chi connectivity index (χ3n) is 7.36. The number of nitro groups is 1. The van der Waals surface area contributed by atoms with Crippen molar-refractivity contribution >= 4 is 17.3 Å². The quantitative estimate of drug-likeness (QED) is 0.607. The monoisotopic (exact) mass is 394 g/mol. The van der Waals surface area contributed by atoms with E-state index in [9.17, 15) is 14.9 Å². The smallest absolute Gasteiger partial charge is 0.320 e. The molecule has 4 saturated carbocycles. The van der Waals surface area contributed by atoms with Gasteiger partial charge >= 0.3 is 5.69 Å². The number of nitrogens with zero attached hydrogens (tertiary/aromatic N) is 3. The van der Waals surface area contributed by atoms with Crippen LogP contribution in [0.25, 0.3) is 0 Å². The first-order valence-electron chi connectivity index (χ1n) is 10.5. The Bertz CT molecular complexity index is 974. The zero-order chi connectivity index (χ0) is 20.3. The van der Waals surface area contributed by atoms with Crippen LogP contribution in [0.15, 0.2) is 24.4 Å². The lowest BCUT2D eigenvalue weighted by Gasteiger charge is -2.56. The van der Waals surface area contributed by atoms with Crippen molar-refractivity contribution in [3.63, 3.8) is 0 Å². The highest BCUT2D eigenvalue weighted by atomic mass is 16.6. The van der Waals surface area contributed by atoms with Crippen molar-refractivity contribution in [3.8, 4) is 0 Å². The van der Waals surface area contributed by atoms with Gasteiger partial charge in [0, 0.05) is 5.69 Å². The Labute approximate surface area is 169 Å². The number of hydrogen-bond acceptors (Lipinski definition) is 4. The van der Waals surface area contributed by atoms with E-state index < -0.39 is 10.8 Å². The Balaban J connectivity index is 1.47. The fraction of sp³-hybridized carbons (Fsp3) is 0.545. The molecule has 4 aliphatic rings. The first-order chi connectivity index (χ1) is 13.8. The number of aromatic nitrogens is 2. The van der Waals surface area contributed by atoms with Gasteiger partial charge in [-0.25, -0.2) is 0 Å². The number of aryl methyl sites for hydroxylation is 2. The van der Waals surface area contributed by atoms with Crippen molar-refractivity contribution in [1.82, 2.24) is 9.78 Å².